The number of nitrogens with zero attached hydrogens (tertiary/aromatic N) is 1. The molecular weight excluding hydrogens is 281 g/mol. The van der Waals surface area contributed by atoms with Crippen molar-refractivity contribution in [2.75, 3.05) is 4.90 Å². The molecule has 0 spiro atoms. The number of halogens is 2. The molecule has 1 saturated carbocycles. The Kier molecular flexibility index (Phi) is 2.89. The Labute approximate surface area is 101 Å². The highest BCUT2D eigenvalue weighted by molar-refractivity contribution is 9.10. The van der Waals surface area contributed by atoms with Crippen LogP contribution < -0.4 is 4.90 Å². The summed E-state index contributed by atoms with van der Waals surface area (Å²) >= 11 is 9.10. The number of amides is 1. The molecule has 1 aromatic carbocycles. The summed E-state index contributed by atoms with van der Waals surface area (Å²) in [5.74, 6) is -0.0427. The standard InChI is InChI=1S/C10H9BrClNO2/c11-6-3-8(12)10(15)9(4-6)13(5-14)7-1-2-7/h3-5,7,15H,1-2H2. The molecule has 1 N–H and O–H groups in total. The van der Waals surface area contributed by atoms with Crippen molar-refractivity contribution in [2.45, 2.75) is 18.9 Å². The molecule has 3 nitrogen and oxygen atoms in total. The van der Waals surface area contributed by atoms with Gasteiger partial charge in [-0.1, -0.05) is 27.5 Å². The van der Waals surface area contributed by atoms with E-state index in [1.807, 2.05) is 0 Å². The van der Waals surface area contributed by atoms with Gasteiger partial charge in [0.1, 0.15) is 0 Å². The number of hydrogen-bond donors (Lipinski definition) is 1. The second kappa shape index (κ2) is 4.02. The van der Waals surface area contributed by atoms with Crippen molar-refractivity contribution in [2.24, 2.45) is 0 Å². The van der Waals surface area contributed by atoms with Crippen LogP contribution in [0.1, 0.15) is 12.8 Å². The minimum atomic E-state index is -0.0427. The van der Waals surface area contributed by atoms with E-state index in [1.54, 1.807) is 12.1 Å². The van der Waals surface area contributed by atoms with Crippen molar-refractivity contribution in [3.63, 3.8) is 0 Å². The summed E-state index contributed by atoms with van der Waals surface area (Å²) in [5, 5.41) is 9.99. The van der Waals surface area contributed by atoms with E-state index < -0.39 is 0 Å². The highest BCUT2D eigenvalue weighted by Crippen LogP contribution is 2.41. The third-order valence-corrected chi connectivity index (χ3v) is 3.09. The van der Waals surface area contributed by atoms with E-state index in [0.29, 0.717) is 5.69 Å². The zero-order valence-electron chi connectivity index (χ0n) is 7.78. The molecule has 15 heavy (non-hydrogen) atoms. The first kappa shape index (κ1) is 10.8. The van der Waals surface area contributed by atoms with Gasteiger partial charge in [0.15, 0.2) is 5.75 Å². The fraction of sp³-hybridized carbons (Fsp3) is 0.300. The molecule has 5 heteroatoms. The van der Waals surface area contributed by atoms with Crippen LogP contribution in [0.3, 0.4) is 0 Å². The van der Waals surface area contributed by atoms with Gasteiger partial charge < -0.3 is 10.0 Å². The van der Waals surface area contributed by atoms with E-state index in [2.05, 4.69) is 15.9 Å². The molecule has 1 aromatic rings. The Morgan fingerprint density at radius 2 is 2.20 bits per heavy atom. The van der Waals surface area contributed by atoms with Crippen molar-refractivity contribution >= 4 is 39.6 Å². The Balaban J connectivity index is 2.44. The summed E-state index contributed by atoms with van der Waals surface area (Å²) in [4.78, 5) is 12.4. The first-order chi connectivity index (χ1) is 7.13. The topological polar surface area (TPSA) is 40.5 Å². The van der Waals surface area contributed by atoms with Crippen molar-refractivity contribution in [1.29, 1.82) is 0 Å². The maximum Gasteiger partial charge on any atom is 0.214 e. The van der Waals surface area contributed by atoms with Crippen LogP contribution >= 0.6 is 27.5 Å². The molecule has 1 aliphatic rings. The van der Waals surface area contributed by atoms with Gasteiger partial charge in [-0.2, -0.15) is 0 Å². The van der Waals surface area contributed by atoms with E-state index in [4.69, 9.17) is 11.6 Å². The molecule has 0 bridgehead atoms. The van der Waals surface area contributed by atoms with Gasteiger partial charge in [-0.05, 0) is 25.0 Å². The molecule has 1 aliphatic carbocycles. The monoisotopic (exact) mass is 289 g/mol. The number of phenolic OH excluding ortho intramolecular Hbond substituents is 1. The van der Waals surface area contributed by atoms with Gasteiger partial charge in [-0.25, -0.2) is 0 Å². The Morgan fingerprint density at radius 1 is 1.53 bits per heavy atom. The molecule has 1 amide bonds. The van der Waals surface area contributed by atoms with Gasteiger partial charge in [-0.15, -0.1) is 0 Å². The van der Waals surface area contributed by atoms with Gasteiger partial charge in [-0.3, -0.25) is 4.79 Å². The van der Waals surface area contributed by atoms with Crippen molar-refractivity contribution in [1.82, 2.24) is 0 Å². The molecule has 0 atom stereocenters. The zero-order chi connectivity index (χ0) is 11.0. The minimum Gasteiger partial charge on any atom is -0.504 e. The van der Waals surface area contributed by atoms with E-state index in [-0.39, 0.29) is 16.8 Å². The van der Waals surface area contributed by atoms with Crippen LogP contribution in [0, 0.1) is 0 Å². The van der Waals surface area contributed by atoms with E-state index in [9.17, 15) is 9.90 Å². The van der Waals surface area contributed by atoms with Crippen LogP contribution in [0.4, 0.5) is 5.69 Å². The fourth-order valence-corrected chi connectivity index (χ4v) is 2.23. The molecule has 80 valence electrons. The predicted molar refractivity (Wildman–Crippen MR) is 62.4 cm³/mol. The average Bonchev–Trinajstić information content (AvgIpc) is 2.98. The summed E-state index contributed by atoms with van der Waals surface area (Å²) in [6, 6.07) is 3.49. The Bertz CT molecular complexity index is 407. The number of aromatic hydroxyl groups is 1. The molecule has 0 aromatic heterocycles. The molecule has 0 aliphatic heterocycles. The highest BCUT2D eigenvalue weighted by atomic mass is 79.9. The minimum absolute atomic E-state index is 0.0427. The van der Waals surface area contributed by atoms with Crippen LogP contribution in [0.25, 0.3) is 0 Å². The van der Waals surface area contributed by atoms with Crippen LogP contribution in [0.2, 0.25) is 5.02 Å². The SMILES string of the molecule is O=CN(c1cc(Br)cc(Cl)c1O)C1CC1. The number of benzene rings is 1. The van der Waals surface area contributed by atoms with Crippen LogP contribution in [-0.4, -0.2) is 17.6 Å². The number of carbonyl (C=O) groups is 1. The number of anilines is 1. The van der Waals surface area contributed by atoms with Crippen molar-refractivity contribution in [3.05, 3.63) is 21.6 Å². The van der Waals surface area contributed by atoms with Gasteiger partial charge in [0, 0.05) is 10.5 Å². The third kappa shape index (κ3) is 2.11. The molecule has 0 saturated heterocycles. The second-order valence-electron chi connectivity index (χ2n) is 3.50. The first-order valence-corrected chi connectivity index (χ1v) is 5.72. The van der Waals surface area contributed by atoms with Crippen LogP contribution in [-0.2, 0) is 4.79 Å². The molecule has 2 rings (SSSR count). The summed E-state index contributed by atoms with van der Waals surface area (Å²) in [7, 11) is 0. The lowest BCUT2D eigenvalue weighted by Gasteiger charge is -2.18. The molecule has 0 radical (unpaired) electrons. The first-order valence-electron chi connectivity index (χ1n) is 4.55. The average molecular weight is 291 g/mol. The number of rotatable bonds is 3. The predicted octanol–water partition coefficient (Wildman–Crippen LogP) is 2.93. The largest absolute Gasteiger partial charge is 0.504 e. The number of hydrogen-bond acceptors (Lipinski definition) is 2. The summed E-state index contributed by atoms with van der Waals surface area (Å²) in [5.41, 5.74) is 0.465. The van der Waals surface area contributed by atoms with Crippen molar-refractivity contribution in [3.8, 4) is 5.75 Å². The molecule has 0 heterocycles. The van der Waals surface area contributed by atoms with Crippen molar-refractivity contribution < 1.29 is 9.90 Å². The lowest BCUT2D eigenvalue weighted by molar-refractivity contribution is -0.107. The molecule has 1 fully saturated rings. The maximum atomic E-state index is 10.9. The van der Waals surface area contributed by atoms with E-state index >= 15 is 0 Å². The van der Waals surface area contributed by atoms with Crippen LogP contribution in [0.15, 0.2) is 16.6 Å². The Hall–Kier alpha value is -0.740. The van der Waals surface area contributed by atoms with E-state index in [1.165, 1.54) is 4.90 Å². The van der Waals surface area contributed by atoms with Gasteiger partial charge in [0.2, 0.25) is 6.41 Å². The zero-order valence-corrected chi connectivity index (χ0v) is 10.1. The quantitative estimate of drug-likeness (QED) is 0.870. The van der Waals surface area contributed by atoms with Gasteiger partial charge in [0.05, 0.1) is 10.7 Å². The van der Waals surface area contributed by atoms with Gasteiger partial charge in [0.25, 0.3) is 0 Å². The normalized spacial score (nSPS) is 15.1. The molecular formula is C10H9BrClNO2. The fourth-order valence-electron chi connectivity index (χ4n) is 1.44. The maximum absolute atomic E-state index is 10.9. The second-order valence-corrected chi connectivity index (χ2v) is 4.82. The third-order valence-electron chi connectivity index (χ3n) is 2.34. The Morgan fingerprint density at radius 3 is 2.73 bits per heavy atom. The summed E-state index contributed by atoms with van der Waals surface area (Å²) in [6.07, 6.45) is 2.68. The number of phenols is 1. The summed E-state index contributed by atoms with van der Waals surface area (Å²) in [6.45, 7) is 0. The van der Waals surface area contributed by atoms with Crippen LogP contribution in [0.5, 0.6) is 5.75 Å². The van der Waals surface area contributed by atoms with Gasteiger partial charge >= 0.3 is 0 Å². The number of carbonyl (C=O) groups excluding carboxylic acids is 1. The smallest absolute Gasteiger partial charge is 0.214 e. The molecule has 0 unspecified atom stereocenters. The highest BCUT2D eigenvalue weighted by Gasteiger charge is 2.31. The van der Waals surface area contributed by atoms with E-state index in [0.717, 1.165) is 23.7 Å². The summed E-state index contributed by atoms with van der Waals surface area (Å²) < 4.78 is 0.743. The lowest BCUT2D eigenvalue weighted by atomic mass is 10.2. The lowest BCUT2D eigenvalue weighted by Crippen LogP contribution is -2.23.